The summed E-state index contributed by atoms with van der Waals surface area (Å²) in [6.07, 6.45) is -3.65. The number of hydrogen-bond acceptors (Lipinski definition) is 4. The summed E-state index contributed by atoms with van der Waals surface area (Å²) in [5.74, 6) is -0.00520. The molecule has 0 N–H and O–H groups in total. The monoisotopic (exact) mass is 401 g/mol. The molecule has 5 nitrogen and oxygen atoms in total. The molecule has 0 spiro atoms. The summed E-state index contributed by atoms with van der Waals surface area (Å²) < 4.78 is 46.2. The molecule has 1 amide bonds. The number of amides is 1. The number of aromatic nitrogens is 2. The number of fused-ring (bicyclic) bond motifs is 1. The average molecular weight is 401 g/mol. The molecule has 1 atom stereocenters. The first-order chi connectivity index (χ1) is 12.8. The van der Waals surface area contributed by atoms with Crippen LogP contribution in [0.4, 0.5) is 13.2 Å². The van der Waals surface area contributed by atoms with E-state index in [2.05, 4.69) is 4.98 Å². The first-order valence-corrected chi connectivity index (χ1v) is 9.80. The van der Waals surface area contributed by atoms with Crippen LogP contribution >= 0.6 is 11.8 Å². The number of nitrogens with zero attached hydrogens (tertiary/aromatic N) is 3. The standard InChI is InChI=1S/C18H22F3N3O2S/c1-3-6-24-15-11-13(18(19,20)21)4-5-14(15)22-17(24)27-12(2)16(25)23-7-9-26-10-8-23/h4-5,11-12H,3,6-10H2,1-2H3/t12-/m1/s1. The minimum Gasteiger partial charge on any atom is -0.378 e. The van der Waals surface area contributed by atoms with Crippen LogP contribution in [0.25, 0.3) is 11.0 Å². The van der Waals surface area contributed by atoms with Crippen molar-refractivity contribution in [2.75, 3.05) is 26.3 Å². The third kappa shape index (κ3) is 4.40. The molecule has 0 radical (unpaired) electrons. The Balaban J connectivity index is 1.88. The predicted octanol–water partition coefficient (Wildman–Crippen LogP) is 3.80. The number of carbonyl (C=O) groups is 1. The Morgan fingerprint density at radius 2 is 2.04 bits per heavy atom. The van der Waals surface area contributed by atoms with E-state index in [0.29, 0.717) is 49.0 Å². The second kappa shape index (κ2) is 8.10. The topological polar surface area (TPSA) is 47.4 Å². The number of aryl methyl sites for hydroxylation is 1. The van der Waals surface area contributed by atoms with Crippen LogP contribution in [0.5, 0.6) is 0 Å². The predicted molar refractivity (Wildman–Crippen MR) is 97.7 cm³/mol. The quantitative estimate of drug-likeness (QED) is 0.715. The highest BCUT2D eigenvalue weighted by atomic mass is 32.2. The Kier molecular flexibility index (Phi) is 6.00. The number of halogens is 3. The Hall–Kier alpha value is -1.74. The maximum atomic E-state index is 13.1. The van der Waals surface area contributed by atoms with E-state index in [1.165, 1.54) is 17.8 Å². The van der Waals surface area contributed by atoms with E-state index < -0.39 is 11.7 Å². The van der Waals surface area contributed by atoms with E-state index in [1.807, 2.05) is 6.92 Å². The van der Waals surface area contributed by atoms with Gasteiger partial charge in [-0.2, -0.15) is 13.2 Å². The van der Waals surface area contributed by atoms with Crippen molar-refractivity contribution in [1.29, 1.82) is 0 Å². The molecule has 27 heavy (non-hydrogen) atoms. The van der Waals surface area contributed by atoms with Gasteiger partial charge in [-0.1, -0.05) is 18.7 Å². The Labute approximate surface area is 159 Å². The summed E-state index contributed by atoms with van der Waals surface area (Å²) in [6.45, 7) is 6.47. The van der Waals surface area contributed by atoms with E-state index >= 15 is 0 Å². The molecule has 0 unspecified atom stereocenters. The zero-order valence-corrected chi connectivity index (χ0v) is 16.1. The lowest BCUT2D eigenvalue weighted by molar-refractivity contribution is -0.137. The van der Waals surface area contributed by atoms with E-state index in [-0.39, 0.29) is 11.2 Å². The number of morpholine rings is 1. The van der Waals surface area contributed by atoms with Gasteiger partial charge in [0.1, 0.15) is 0 Å². The minimum absolute atomic E-state index is 0.00520. The minimum atomic E-state index is -4.40. The van der Waals surface area contributed by atoms with Crippen molar-refractivity contribution in [2.45, 2.75) is 43.4 Å². The fraction of sp³-hybridized carbons (Fsp3) is 0.556. The van der Waals surface area contributed by atoms with E-state index in [4.69, 9.17) is 4.74 Å². The van der Waals surface area contributed by atoms with Crippen molar-refractivity contribution in [1.82, 2.24) is 14.5 Å². The van der Waals surface area contributed by atoms with Crippen LogP contribution in [-0.2, 0) is 22.3 Å². The van der Waals surface area contributed by atoms with Crippen LogP contribution in [0.2, 0.25) is 0 Å². The smallest absolute Gasteiger partial charge is 0.378 e. The summed E-state index contributed by atoms with van der Waals surface area (Å²) in [7, 11) is 0. The molecule has 1 aliphatic heterocycles. The summed E-state index contributed by atoms with van der Waals surface area (Å²) in [5.41, 5.74) is 0.256. The second-order valence-electron chi connectivity index (χ2n) is 6.45. The first kappa shape index (κ1) is 20.0. The summed E-state index contributed by atoms with van der Waals surface area (Å²) in [6, 6.07) is 3.57. The molecule has 1 aromatic carbocycles. The van der Waals surface area contributed by atoms with Gasteiger partial charge in [0.2, 0.25) is 5.91 Å². The Morgan fingerprint density at radius 3 is 2.67 bits per heavy atom. The highest BCUT2D eigenvalue weighted by Crippen LogP contribution is 2.34. The molecule has 2 heterocycles. The van der Waals surface area contributed by atoms with Crippen LogP contribution in [0.1, 0.15) is 25.8 Å². The fourth-order valence-corrected chi connectivity index (χ4v) is 4.09. The molecule has 0 aliphatic carbocycles. The van der Waals surface area contributed by atoms with E-state index in [1.54, 1.807) is 16.4 Å². The van der Waals surface area contributed by atoms with Crippen molar-refractivity contribution >= 4 is 28.7 Å². The Morgan fingerprint density at radius 1 is 1.33 bits per heavy atom. The number of ether oxygens (including phenoxy) is 1. The number of carbonyl (C=O) groups excluding carboxylic acids is 1. The number of alkyl halides is 3. The summed E-state index contributed by atoms with van der Waals surface area (Å²) >= 11 is 1.29. The van der Waals surface area contributed by atoms with Gasteiger partial charge in [-0.05, 0) is 31.5 Å². The van der Waals surface area contributed by atoms with Crippen LogP contribution in [0.15, 0.2) is 23.4 Å². The lowest BCUT2D eigenvalue weighted by atomic mass is 10.2. The zero-order valence-electron chi connectivity index (χ0n) is 15.3. The van der Waals surface area contributed by atoms with Gasteiger partial charge in [0.05, 0.1) is 35.1 Å². The molecular weight excluding hydrogens is 379 g/mol. The van der Waals surface area contributed by atoms with Crippen LogP contribution in [0.3, 0.4) is 0 Å². The fourth-order valence-electron chi connectivity index (χ4n) is 3.06. The molecule has 0 bridgehead atoms. The lowest BCUT2D eigenvalue weighted by Crippen LogP contribution is -2.44. The van der Waals surface area contributed by atoms with Gasteiger partial charge in [0.25, 0.3) is 0 Å². The van der Waals surface area contributed by atoms with Gasteiger partial charge in [-0.25, -0.2) is 4.98 Å². The number of imidazole rings is 1. The van der Waals surface area contributed by atoms with Crippen molar-refractivity contribution in [3.05, 3.63) is 23.8 Å². The van der Waals surface area contributed by atoms with Crippen molar-refractivity contribution < 1.29 is 22.7 Å². The van der Waals surface area contributed by atoms with Gasteiger partial charge in [-0.15, -0.1) is 0 Å². The van der Waals surface area contributed by atoms with Gasteiger partial charge in [0, 0.05) is 19.6 Å². The molecule has 1 aromatic heterocycles. The van der Waals surface area contributed by atoms with Crippen LogP contribution in [-0.4, -0.2) is 51.9 Å². The number of rotatable bonds is 5. The number of thioether (sulfide) groups is 1. The molecule has 148 valence electrons. The molecule has 1 saturated heterocycles. The molecular formula is C18H22F3N3O2S. The first-order valence-electron chi connectivity index (χ1n) is 8.92. The molecule has 3 rings (SSSR count). The van der Waals surface area contributed by atoms with Gasteiger partial charge in [-0.3, -0.25) is 4.79 Å². The number of benzene rings is 1. The maximum absolute atomic E-state index is 13.1. The van der Waals surface area contributed by atoms with Crippen LogP contribution in [0, 0.1) is 0 Å². The third-order valence-electron chi connectivity index (χ3n) is 4.44. The Bertz CT molecular complexity index is 816. The summed E-state index contributed by atoms with van der Waals surface area (Å²) in [4.78, 5) is 18.9. The lowest BCUT2D eigenvalue weighted by Gasteiger charge is -2.29. The molecule has 1 fully saturated rings. The normalized spacial score (nSPS) is 16.7. The average Bonchev–Trinajstić information content (AvgIpc) is 2.98. The second-order valence-corrected chi connectivity index (χ2v) is 7.75. The van der Waals surface area contributed by atoms with Gasteiger partial charge >= 0.3 is 6.18 Å². The van der Waals surface area contributed by atoms with E-state index in [0.717, 1.165) is 18.6 Å². The highest BCUT2D eigenvalue weighted by Gasteiger charge is 2.31. The summed E-state index contributed by atoms with van der Waals surface area (Å²) in [5, 5.41) is 0.192. The van der Waals surface area contributed by atoms with Crippen molar-refractivity contribution in [3.63, 3.8) is 0 Å². The molecule has 2 aromatic rings. The third-order valence-corrected chi connectivity index (χ3v) is 5.52. The molecule has 1 aliphatic rings. The largest absolute Gasteiger partial charge is 0.416 e. The highest BCUT2D eigenvalue weighted by molar-refractivity contribution is 8.00. The maximum Gasteiger partial charge on any atom is 0.416 e. The molecule has 9 heteroatoms. The van der Waals surface area contributed by atoms with Crippen molar-refractivity contribution in [2.24, 2.45) is 0 Å². The van der Waals surface area contributed by atoms with E-state index in [9.17, 15) is 18.0 Å². The van der Waals surface area contributed by atoms with Gasteiger partial charge < -0.3 is 14.2 Å². The molecule has 0 saturated carbocycles. The van der Waals surface area contributed by atoms with Crippen LogP contribution < -0.4 is 0 Å². The van der Waals surface area contributed by atoms with Crippen molar-refractivity contribution in [3.8, 4) is 0 Å². The zero-order chi connectivity index (χ0) is 19.6. The SMILES string of the molecule is CCCn1c(S[C@H](C)C(=O)N2CCOCC2)nc2ccc(C(F)(F)F)cc21. The number of hydrogen-bond donors (Lipinski definition) is 0. The van der Waals surface area contributed by atoms with Gasteiger partial charge in [0.15, 0.2) is 5.16 Å².